The van der Waals surface area contributed by atoms with Crippen LogP contribution in [0.25, 0.3) is 33.7 Å². The van der Waals surface area contributed by atoms with Gasteiger partial charge in [-0.15, -0.1) is 10.2 Å². The van der Waals surface area contributed by atoms with E-state index in [9.17, 15) is 22.0 Å². The number of aryl methyl sites for hydroxylation is 2. The number of aromatic nitrogens is 4. The standard InChI is InChI=1S/C24H19F2N5O6S/c1-4-38(33,34)30-13-5-6-19(36-22-17(25)9-27-10-18(22)26)14(7-13)16-11-31(3)24(32)15-8-20(37-21(15)16)23-29-28-12(2)35-23/h5-11,30H,4H2,1-3H3. The number of benzene rings is 1. The van der Waals surface area contributed by atoms with E-state index in [0.29, 0.717) is 0 Å². The van der Waals surface area contributed by atoms with E-state index in [1.807, 2.05) is 0 Å². The van der Waals surface area contributed by atoms with E-state index in [1.54, 1.807) is 6.92 Å². The van der Waals surface area contributed by atoms with Crippen molar-refractivity contribution in [2.24, 2.45) is 7.05 Å². The van der Waals surface area contributed by atoms with Gasteiger partial charge in [-0.2, -0.15) is 0 Å². The molecule has 0 atom stereocenters. The second-order valence-corrected chi connectivity index (χ2v) is 10.2. The summed E-state index contributed by atoms with van der Waals surface area (Å²) in [5, 5.41) is 7.82. The van der Waals surface area contributed by atoms with Crippen molar-refractivity contribution in [1.82, 2.24) is 19.7 Å². The molecule has 0 aliphatic heterocycles. The molecule has 4 aromatic heterocycles. The summed E-state index contributed by atoms with van der Waals surface area (Å²) in [5.41, 5.74) is 0.236. The average Bonchev–Trinajstić information content (AvgIpc) is 3.51. The summed E-state index contributed by atoms with van der Waals surface area (Å²) in [7, 11) is -2.17. The summed E-state index contributed by atoms with van der Waals surface area (Å²) in [6.07, 6.45) is 3.01. The highest BCUT2D eigenvalue weighted by Crippen LogP contribution is 2.41. The maximum absolute atomic E-state index is 14.4. The number of sulfonamides is 1. The van der Waals surface area contributed by atoms with Crippen LogP contribution in [0.1, 0.15) is 12.8 Å². The first-order valence-electron chi connectivity index (χ1n) is 11.1. The van der Waals surface area contributed by atoms with Crippen LogP contribution in [0.4, 0.5) is 14.5 Å². The molecule has 11 nitrogen and oxygen atoms in total. The number of fused-ring (bicyclic) bond motifs is 1. The number of furan rings is 1. The lowest BCUT2D eigenvalue weighted by Gasteiger charge is -2.15. The van der Waals surface area contributed by atoms with Crippen LogP contribution in [0.2, 0.25) is 0 Å². The van der Waals surface area contributed by atoms with Gasteiger partial charge in [0.05, 0.1) is 23.5 Å². The van der Waals surface area contributed by atoms with Crippen LogP contribution in [-0.2, 0) is 17.1 Å². The summed E-state index contributed by atoms with van der Waals surface area (Å²) < 4.78 is 73.9. The Morgan fingerprint density at radius 3 is 2.47 bits per heavy atom. The Balaban J connectivity index is 1.76. The summed E-state index contributed by atoms with van der Waals surface area (Å²) in [6.45, 7) is 3.06. The molecule has 0 amide bonds. The highest BCUT2D eigenvalue weighted by molar-refractivity contribution is 7.92. The van der Waals surface area contributed by atoms with Crippen molar-refractivity contribution in [1.29, 1.82) is 0 Å². The first kappa shape index (κ1) is 25.1. The van der Waals surface area contributed by atoms with Gasteiger partial charge in [0.15, 0.2) is 17.4 Å². The zero-order valence-electron chi connectivity index (χ0n) is 20.2. The summed E-state index contributed by atoms with van der Waals surface area (Å²) in [6, 6.07) is 5.54. The highest BCUT2D eigenvalue weighted by Gasteiger charge is 2.23. The van der Waals surface area contributed by atoms with Gasteiger partial charge in [0.2, 0.25) is 21.7 Å². The number of rotatable bonds is 7. The van der Waals surface area contributed by atoms with Crippen LogP contribution >= 0.6 is 0 Å². The van der Waals surface area contributed by atoms with E-state index in [4.69, 9.17) is 13.6 Å². The van der Waals surface area contributed by atoms with Gasteiger partial charge in [0, 0.05) is 43.0 Å². The van der Waals surface area contributed by atoms with Crippen molar-refractivity contribution in [2.75, 3.05) is 10.5 Å². The molecule has 0 spiro atoms. The largest absolute Gasteiger partial charge is 0.450 e. The van der Waals surface area contributed by atoms with E-state index < -0.39 is 33.0 Å². The zero-order chi connectivity index (χ0) is 27.2. The second-order valence-electron chi connectivity index (χ2n) is 8.19. The number of nitrogens with one attached hydrogen (secondary N) is 1. The van der Waals surface area contributed by atoms with E-state index in [2.05, 4.69) is 19.9 Å². The molecule has 0 saturated carbocycles. The van der Waals surface area contributed by atoms with Gasteiger partial charge in [-0.3, -0.25) is 14.5 Å². The minimum absolute atomic E-state index is 0.0357. The van der Waals surface area contributed by atoms with Crippen molar-refractivity contribution in [2.45, 2.75) is 13.8 Å². The predicted molar refractivity (Wildman–Crippen MR) is 132 cm³/mol. The van der Waals surface area contributed by atoms with E-state index in [-0.39, 0.29) is 56.8 Å². The third-order valence-corrected chi connectivity index (χ3v) is 6.84. The summed E-state index contributed by atoms with van der Waals surface area (Å²) in [4.78, 5) is 16.4. The number of ether oxygens (including phenoxy) is 1. The van der Waals surface area contributed by atoms with Crippen LogP contribution in [0.3, 0.4) is 0 Å². The molecule has 196 valence electrons. The Morgan fingerprint density at radius 2 is 1.82 bits per heavy atom. The van der Waals surface area contributed by atoms with E-state index in [1.165, 1.54) is 49.0 Å². The molecule has 0 aliphatic rings. The van der Waals surface area contributed by atoms with Crippen molar-refractivity contribution < 1.29 is 30.8 Å². The fourth-order valence-electron chi connectivity index (χ4n) is 3.70. The fraction of sp³-hybridized carbons (Fsp3) is 0.167. The first-order chi connectivity index (χ1) is 18.1. The summed E-state index contributed by atoms with van der Waals surface area (Å²) in [5.74, 6) is -2.64. The Morgan fingerprint density at radius 1 is 1.08 bits per heavy atom. The molecule has 5 aromatic rings. The van der Waals surface area contributed by atoms with Gasteiger partial charge in [0.25, 0.3) is 11.4 Å². The van der Waals surface area contributed by atoms with Crippen LogP contribution in [0.5, 0.6) is 11.5 Å². The molecule has 0 radical (unpaired) electrons. The average molecular weight is 544 g/mol. The zero-order valence-corrected chi connectivity index (χ0v) is 21.0. The first-order valence-corrected chi connectivity index (χ1v) is 12.8. The number of anilines is 1. The van der Waals surface area contributed by atoms with Gasteiger partial charge in [-0.1, -0.05) is 0 Å². The molecule has 0 unspecified atom stereocenters. The lowest BCUT2D eigenvalue weighted by atomic mass is 10.0. The molecule has 1 aromatic carbocycles. The Hall–Kier alpha value is -4.59. The third kappa shape index (κ3) is 4.61. The lowest BCUT2D eigenvalue weighted by Crippen LogP contribution is -2.16. The molecule has 4 heterocycles. The number of pyridine rings is 2. The number of hydrogen-bond acceptors (Lipinski definition) is 9. The predicted octanol–water partition coefficient (Wildman–Crippen LogP) is 4.38. The minimum atomic E-state index is -3.67. The molecule has 0 aliphatic carbocycles. The Bertz CT molecular complexity index is 1840. The third-order valence-electron chi connectivity index (χ3n) is 5.53. The van der Waals surface area contributed by atoms with Crippen LogP contribution in [-0.4, -0.2) is 33.9 Å². The second kappa shape index (κ2) is 9.37. The molecule has 1 N–H and O–H groups in total. The van der Waals surface area contributed by atoms with Crippen molar-refractivity contribution in [3.8, 4) is 34.3 Å². The maximum atomic E-state index is 14.4. The maximum Gasteiger partial charge on any atom is 0.283 e. The smallest absolute Gasteiger partial charge is 0.283 e. The topological polar surface area (TPSA) is 142 Å². The SMILES string of the molecule is CCS(=O)(=O)Nc1ccc(Oc2c(F)cncc2F)c(-c2cn(C)c(=O)c3cc(-c4nnc(C)o4)oc23)c1. The summed E-state index contributed by atoms with van der Waals surface area (Å²) >= 11 is 0. The normalized spacial score (nSPS) is 11.7. The lowest BCUT2D eigenvalue weighted by molar-refractivity contribution is 0.405. The van der Waals surface area contributed by atoms with E-state index in [0.717, 1.165) is 12.4 Å². The number of nitrogens with zero attached hydrogens (tertiary/aromatic N) is 4. The van der Waals surface area contributed by atoms with Crippen LogP contribution < -0.4 is 15.0 Å². The van der Waals surface area contributed by atoms with Gasteiger partial charge in [-0.25, -0.2) is 17.2 Å². The molecular weight excluding hydrogens is 524 g/mol. The molecular formula is C24H19F2N5O6S. The Labute approximate surface area is 213 Å². The number of halogens is 2. The van der Waals surface area contributed by atoms with Crippen molar-refractivity contribution in [3.63, 3.8) is 0 Å². The van der Waals surface area contributed by atoms with Crippen molar-refractivity contribution in [3.05, 3.63) is 70.7 Å². The van der Waals surface area contributed by atoms with Crippen molar-refractivity contribution >= 4 is 26.7 Å². The number of hydrogen-bond donors (Lipinski definition) is 1. The monoisotopic (exact) mass is 543 g/mol. The minimum Gasteiger partial charge on any atom is -0.450 e. The van der Waals surface area contributed by atoms with Gasteiger partial charge in [-0.05, 0) is 25.1 Å². The van der Waals surface area contributed by atoms with Gasteiger partial charge >= 0.3 is 0 Å². The molecule has 5 rings (SSSR count). The molecule has 0 fully saturated rings. The molecule has 0 bridgehead atoms. The van der Waals surface area contributed by atoms with Gasteiger partial charge in [0.1, 0.15) is 11.3 Å². The fourth-order valence-corrected chi connectivity index (χ4v) is 4.33. The molecule has 14 heteroatoms. The van der Waals surface area contributed by atoms with E-state index >= 15 is 0 Å². The van der Waals surface area contributed by atoms with Gasteiger partial charge < -0.3 is 18.1 Å². The van der Waals surface area contributed by atoms with Crippen LogP contribution in [0.15, 0.2) is 56.5 Å². The Kier molecular flexibility index (Phi) is 6.18. The van der Waals surface area contributed by atoms with Crippen LogP contribution in [0, 0.1) is 18.6 Å². The molecule has 38 heavy (non-hydrogen) atoms. The highest BCUT2D eigenvalue weighted by atomic mass is 32.2. The molecule has 0 saturated heterocycles. The quantitative estimate of drug-likeness (QED) is 0.316.